The van der Waals surface area contributed by atoms with Crippen LogP contribution >= 0.6 is 0 Å². The van der Waals surface area contributed by atoms with E-state index in [0.717, 1.165) is 101 Å². The van der Waals surface area contributed by atoms with Crippen molar-refractivity contribution in [3.63, 3.8) is 0 Å². The van der Waals surface area contributed by atoms with Crippen molar-refractivity contribution in [2.75, 3.05) is 0 Å². The first-order valence-corrected chi connectivity index (χ1v) is 22.3. The molecule has 0 amide bonds. The van der Waals surface area contributed by atoms with Gasteiger partial charge in [0.1, 0.15) is 0 Å². The van der Waals surface area contributed by atoms with E-state index in [0.29, 0.717) is 5.82 Å². The Labute approximate surface area is 386 Å². The standard InChI is InChI=1S/C63H43N3/c1-7-20-44(21-8-1)54-32-19-33-55(42-54)57-43-56(47-22-9-2-10-23-47)64-63(65-57)53-40-36-46(37-41-53)45-34-38-50(39-35-45)58-59(48-24-11-3-12-25-48)61(51-28-15-5-16-29-51)66-62(52-30-17-6-18-31-52)60(58)49-26-13-4-14-27-49/h1-43H. The molecule has 0 aliphatic heterocycles. The quantitative estimate of drug-likeness (QED) is 0.138. The van der Waals surface area contributed by atoms with E-state index in [-0.39, 0.29) is 0 Å². The van der Waals surface area contributed by atoms with E-state index < -0.39 is 0 Å². The Morgan fingerprint density at radius 3 is 0.970 bits per heavy atom. The molecule has 0 saturated carbocycles. The van der Waals surface area contributed by atoms with Gasteiger partial charge in [0, 0.05) is 44.5 Å². The number of hydrogen-bond acceptors (Lipinski definition) is 3. The fraction of sp³-hybridized carbons (Fsp3) is 0. The third-order valence-electron chi connectivity index (χ3n) is 12.1. The van der Waals surface area contributed by atoms with Crippen LogP contribution in [0.4, 0.5) is 0 Å². The highest BCUT2D eigenvalue weighted by atomic mass is 14.9. The van der Waals surface area contributed by atoms with Crippen LogP contribution in [0.5, 0.6) is 0 Å². The summed E-state index contributed by atoms with van der Waals surface area (Å²) < 4.78 is 0. The molecule has 11 aromatic rings. The lowest BCUT2D eigenvalue weighted by Crippen LogP contribution is -2.01. The molecule has 0 spiro atoms. The van der Waals surface area contributed by atoms with Gasteiger partial charge in [-0.3, -0.25) is 0 Å². The first-order valence-electron chi connectivity index (χ1n) is 22.3. The lowest BCUT2D eigenvalue weighted by Gasteiger charge is -2.23. The normalized spacial score (nSPS) is 11.0. The number of rotatable bonds is 10. The molecule has 310 valence electrons. The van der Waals surface area contributed by atoms with E-state index in [4.69, 9.17) is 15.0 Å². The highest BCUT2D eigenvalue weighted by Gasteiger charge is 2.25. The molecule has 3 heteroatoms. The van der Waals surface area contributed by atoms with Crippen molar-refractivity contribution >= 4 is 0 Å². The maximum absolute atomic E-state index is 5.60. The summed E-state index contributed by atoms with van der Waals surface area (Å²) in [7, 11) is 0. The average Bonchev–Trinajstić information content (AvgIpc) is 3.42. The minimum Gasteiger partial charge on any atom is -0.246 e. The summed E-state index contributed by atoms with van der Waals surface area (Å²) >= 11 is 0. The van der Waals surface area contributed by atoms with Crippen LogP contribution in [-0.2, 0) is 0 Å². The molecular weight excluding hydrogens is 799 g/mol. The van der Waals surface area contributed by atoms with E-state index in [1.165, 1.54) is 5.56 Å². The third-order valence-corrected chi connectivity index (χ3v) is 12.1. The minimum atomic E-state index is 0.682. The molecule has 0 unspecified atom stereocenters. The van der Waals surface area contributed by atoms with Gasteiger partial charge in [-0.2, -0.15) is 0 Å². The van der Waals surface area contributed by atoms with Gasteiger partial charge in [-0.25, -0.2) is 15.0 Å². The van der Waals surface area contributed by atoms with Gasteiger partial charge in [-0.15, -0.1) is 0 Å². The second-order valence-corrected chi connectivity index (χ2v) is 16.3. The van der Waals surface area contributed by atoms with Gasteiger partial charge in [-0.05, 0) is 51.1 Å². The molecule has 0 saturated heterocycles. The van der Waals surface area contributed by atoms with Crippen molar-refractivity contribution in [2.45, 2.75) is 0 Å². The van der Waals surface area contributed by atoms with E-state index in [9.17, 15) is 0 Å². The van der Waals surface area contributed by atoms with Crippen LogP contribution in [0.3, 0.4) is 0 Å². The SMILES string of the molecule is c1ccc(-c2cccc(-c3cc(-c4ccccc4)nc(-c4ccc(-c5ccc(-c6c(-c7ccccc7)c(-c7ccccc7)nc(-c7ccccc7)c6-c6ccccc6)cc5)cc4)n3)c2)cc1. The second-order valence-electron chi connectivity index (χ2n) is 16.3. The van der Waals surface area contributed by atoms with Crippen LogP contribution in [-0.4, -0.2) is 15.0 Å². The molecule has 0 aliphatic rings. The molecule has 2 heterocycles. The van der Waals surface area contributed by atoms with Gasteiger partial charge in [0.15, 0.2) is 5.82 Å². The Morgan fingerprint density at radius 1 is 0.182 bits per heavy atom. The third kappa shape index (κ3) is 8.14. The van der Waals surface area contributed by atoms with Crippen LogP contribution in [0.2, 0.25) is 0 Å². The van der Waals surface area contributed by atoms with Crippen LogP contribution in [0.1, 0.15) is 0 Å². The van der Waals surface area contributed by atoms with Crippen LogP contribution < -0.4 is 0 Å². The van der Waals surface area contributed by atoms with Crippen molar-refractivity contribution in [1.29, 1.82) is 0 Å². The fourth-order valence-corrected chi connectivity index (χ4v) is 8.87. The van der Waals surface area contributed by atoms with Gasteiger partial charge in [-0.1, -0.05) is 249 Å². The largest absolute Gasteiger partial charge is 0.246 e. The Bertz CT molecular complexity index is 3290. The van der Waals surface area contributed by atoms with Gasteiger partial charge < -0.3 is 0 Å². The molecule has 9 aromatic carbocycles. The smallest absolute Gasteiger partial charge is 0.160 e. The molecule has 0 radical (unpaired) electrons. The maximum Gasteiger partial charge on any atom is 0.160 e. The summed E-state index contributed by atoms with van der Waals surface area (Å²) in [4.78, 5) is 15.9. The summed E-state index contributed by atoms with van der Waals surface area (Å²) in [5.74, 6) is 0.682. The fourth-order valence-electron chi connectivity index (χ4n) is 8.87. The average molecular weight is 842 g/mol. The zero-order valence-corrected chi connectivity index (χ0v) is 36.2. The molecule has 3 nitrogen and oxygen atoms in total. The second kappa shape index (κ2) is 18.1. The van der Waals surface area contributed by atoms with Gasteiger partial charge in [0.2, 0.25) is 0 Å². The monoisotopic (exact) mass is 841 g/mol. The van der Waals surface area contributed by atoms with Crippen molar-refractivity contribution in [3.8, 4) is 112 Å². The molecule has 0 aliphatic carbocycles. The molecule has 66 heavy (non-hydrogen) atoms. The van der Waals surface area contributed by atoms with Crippen molar-refractivity contribution in [1.82, 2.24) is 15.0 Å². The zero-order valence-electron chi connectivity index (χ0n) is 36.2. The first-order chi connectivity index (χ1) is 32.7. The molecule has 11 rings (SSSR count). The zero-order chi connectivity index (χ0) is 44.1. The molecule has 0 atom stereocenters. The van der Waals surface area contributed by atoms with Crippen molar-refractivity contribution < 1.29 is 0 Å². The van der Waals surface area contributed by atoms with Gasteiger partial charge >= 0.3 is 0 Å². The molecule has 0 bridgehead atoms. The Hall–Kier alpha value is -8.79. The molecule has 0 N–H and O–H groups in total. The predicted octanol–water partition coefficient (Wildman–Crippen LogP) is 16.5. The summed E-state index contributed by atoms with van der Waals surface area (Å²) in [5.41, 5.74) is 20.0. The van der Waals surface area contributed by atoms with E-state index in [1.807, 2.05) is 12.1 Å². The van der Waals surface area contributed by atoms with Crippen molar-refractivity contribution in [3.05, 3.63) is 261 Å². The lowest BCUT2D eigenvalue weighted by molar-refractivity contribution is 1.18. The number of pyridine rings is 1. The maximum atomic E-state index is 5.60. The minimum absolute atomic E-state index is 0.682. The van der Waals surface area contributed by atoms with E-state index >= 15 is 0 Å². The lowest BCUT2D eigenvalue weighted by atomic mass is 9.83. The van der Waals surface area contributed by atoms with E-state index in [1.54, 1.807) is 0 Å². The van der Waals surface area contributed by atoms with Gasteiger partial charge in [0.25, 0.3) is 0 Å². The number of aromatic nitrogens is 3. The summed E-state index contributed by atoms with van der Waals surface area (Å²) in [6.07, 6.45) is 0. The summed E-state index contributed by atoms with van der Waals surface area (Å²) in [5, 5.41) is 0. The summed E-state index contributed by atoms with van der Waals surface area (Å²) in [6, 6.07) is 91.7. The van der Waals surface area contributed by atoms with Gasteiger partial charge in [0.05, 0.1) is 22.8 Å². The number of benzene rings is 9. The Balaban J connectivity index is 1.02. The topological polar surface area (TPSA) is 38.7 Å². The first kappa shape index (κ1) is 40.0. The molecule has 0 fully saturated rings. The Kier molecular flexibility index (Phi) is 11.0. The van der Waals surface area contributed by atoms with Crippen LogP contribution in [0.15, 0.2) is 261 Å². The predicted molar refractivity (Wildman–Crippen MR) is 274 cm³/mol. The Morgan fingerprint density at radius 2 is 0.500 bits per heavy atom. The van der Waals surface area contributed by atoms with Crippen LogP contribution in [0.25, 0.3) is 112 Å². The van der Waals surface area contributed by atoms with Crippen LogP contribution in [0, 0.1) is 0 Å². The molecular formula is C63H43N3. The molecule has 2 aromatic heterocycles. The highest BCUT2D eigenvalue weighted by Crippen LogP contribution is 2.49. The highest BCUT2D eigenvalue weighted by molar-refractivity contribution is 6.05. The van der Waals surface area contributed by atoms with Crippen molar-refractivity contribution in [2.24, 2.45) is 0 Å². The number of hydrogen-bond donors (Lipinski definition) is 0. The number of nitrogens with zero attached hydrogens (tertiary/aromatic N) is 3. The summed E-state index contributed by atoms with van der Waals surface area (Å²) in [6.45, 7) is 0. The van der Waals surface area contributed by atoms with E-state index in [2.05, 4.69) is 249 Å².